The molecule has 5 aliphatic rings. The summed E-state index contributed by atoms with van der Waals surface area (Å²) in [6, 6.07) is 13.5. The molecule has 0 radical (unpaired) electrons. The van der Waals surface area contributed by atoms with Gasteiger partial charge in [0, 0.05) is 11.7 Å². The van der Waals surface area contributed by atoms with Gasteiger partial charge < -0.3 is 34.5 Å². The minimum atomic E-state index is -1.26. The average molecular weight is 602 g/mol. The van der Waals surface area contributed by atoms with Crippen molar-refractivity contribution >= 4 is 23.4 Å². The number of nitrogens with one attached hydrogen (secondary N) is 2. The summed E-state index contributed by atoms with van der Waals surface area (Å²) in [5.41, 5.74) is -0.676. The van der Waals surface area contributed by atoms with Crippen molar-refractivity contribution in [3.63, 3.8) is 0 Å². The predicted molar refractivity (Wildman–Crippen MR) is 161 cm³/mol. The number of anilines is 1. The molecule has 3 fully saturated rings. The van der Waals surface area contributed by atoms with Crippen LogP contribution in [0.2, 0.25) is 0 Å². The number of para-hydroxylation sites is 2. The van der Waals surface area contributed by atoms with Crippen molar-refractivity contribution in [3.8, 4) is 17.2 Å². The van der Waals surface area contributed by atoms with Crippen molar-refractivity contribution in [2.45, 2.75) is 63.0 Å². The Kier molecular flexibility index (Phi) is 7.27. The number of carbonyl (C=O) groups is 3. The number of carbonyl (C=O) groups excluding carboxylic acids is 3. The Hall–Kier alpha value is -4.05. The molecule has 1 saturated carbocycles. The number of benzene rings is 2. The van der Waals surface area contributed by atoms with Crippen LogP contribution in [0.1, 0.15) is 33.1 Å². The zero-order valence-electron chi connectivity index (χ0n) is 25.2. The van der Waals surface area contributed by atoms with E-state index in [1.807, 2.05) is 36.4 Å². The maximum atomic E-state index is 14.4. The quantitative estimate of drug-likeness (QED) is 0.467. The van der Waals surface area contributed by atoms with Crippen LogP contribution in [0, 0.1) is 23.7 Å². The van der Waals surface area contributed by atoms with Crippen molar-refractivity contribution in [1.29, 1.82) is 0 Å². The summed E-state index contributed by atoms with van der Waals surface area (Å²) >= 11 is 0. The van der Waals surface area contributed by atoms with E-state index >= 15 is 0 Å². The normalized spacial score (nSPS) is 34.9. The van der Waals surface area contributed by atoms with Gasteiger partial charge in [-0.15, -0.1) is 0 Å². The van der Waals surface area contributed by atoms with E-state index < -0.39 is 35.7 Å². The summed E-state index contributed by atoms with van der Waals surface area (Å²) in [5.74, 6) is 0.156. The molecule has 9 atom stereocenters. The van der Waals surface area contributed by atoms with E-state index in [1.54, 1.807) is 36.3 Å². The maximum Gasteiger partial charge on any atom is 0.246 e. The van der Waals surface area contributed by atoms with Gasteiger partial charge in [0.25, 0.3) is 0 Å². The minimum absolute atomic E-state index is 0.00320. The molecule has 2 N–H and O–H groups in total. The lowest BCUT2D eigenvalue weighted by Gasteiger charge is -2.38. The number of likely N-dealkylation sites (tertiary alicyclic amines) is 1. The second kappa shape index (κ2) is 11.1. The van der Waals surface area contributed by atoms with E-state index in [1.165, 1.54) is 0 Å². The molecule has 7 unspecified atom stereocenters. The Morgan fingerprint density at radius 2 is 1.82 bits per heavy atom. The zero-order chi connectivity index (χ0) is 30.6. The smallest absolute Gasteiger partial charge is 0.246 e. The first-order valence-corrected chi connectivity index (χ1v) is 15.6. The standard InChI is InChI=1S/C34H39N3O7/c1-19-7-6-8-24(20(19)2)36-32(39)30-34-16-15-27(44-34)28(31(38)35-21-11-13-22(41-3)14-12-21)29(34)33(40)37(30)17-23-18-42-25-9-4-5-10-26(25)43-23/h4-5,9-16,19-20,23-24,27-30H,6-8,17-18H2,1-3H3,(H,35,38)(H,36,39)/t19?,20?,23?,24?,27-,28?,29-,30?,34?/m1/s1. The fourth-order valence-corrected chi connectivity index (χ4v) is 7.78. The molecule has 1 aliphatic carbocycles. The van der Waals surface area contributed by atoms with Crippen LogP contribution in [-0.4, -0.2) is 72.8 Å². The summed E-state index contributed by atoms with van der Waals surface area (Å²) in [6.45, 7) is 4.74. The van der Waals surface area contributed by atoms with Gasteiger partial charge in [0.1, 0.15) is 24.0 Å². The number of methoxy groups -OCH3 is 1. The van der Waals surface area contributed by atoms with Crippen LogP contribution in [-0.2, 0) is 19.1 Å². The molecule has 232 valence electrons. The zero-order valence-corrected chi connectivity index (χ0v) is 25.2. The molecule has 4 aliphatic heterocycles. The summed E-state index contributed by atoms with van der Waals surface area (Å²) in [5, 5.41) is 6.25. The van der Waals surface area contributed by atoms with E-state index in [4.69, 9.17) is 18.9 Å². The van der Waals surface area contributed by atoms with Crippen LogP contribution in [0.4, 0.5) is 5.69 Å². The number of ether oxygens (including phenoxy) is 4. The average Bonchev–Trinajstić information content (AvgIpc) is 3.67. The van der Waals surface area contributed by atoms with E-state index in [-0.39, 0.29) is 36.9 Å². The van der Waals surface area contributed by atoms with Gasteiger partial charge in [0.05, 0.1) is 31.6 Å². The first kappa shape index (κ1) is 28.7. The summed E-state index contributed by atoms with van der Waals surface area (Å²) in [4.78, 5) is 44.1. The van der Waals surface area contributed by atoms with Gasteiger partial charge in [0.15, 0.2) is 17.6 Å². The molecule has 2 saturated heterocycles. The number of hydrogen-bond donors (Lipinski definition) is 2. The molecular formula is C34H39N3O7. The molecule has 0 aromatic heterocycles. The highest BCUT2D eigenvalue weighted by Gasteiger charge is 2.73. The molecule has 44 heavy (non-hydrogen) atoms. The van der Waals surface area contributed by atoms with Gasteiger partial charge in [0.2, 0.25) is 17.7 Å². The van der Waals surface area contributed by atoms with E-state index in [9.17, 15) is 14.4 Å². The van der Waals surface area contributed by atoms with Gasteiger partial charge in [-0.2, -0.15) is 0 Å². The van der Waals surface area contributed by atoms with Gasteiger partial charge in [-0.3, -0.25) is 14.4 Å². The number of hydrogen-bond acceptors (Lipinski definition) is 7. The molecule has 2 bridgehead atoms. The predicted octanol–water partition coefficient (Wildman–Crippen LogP) is 3.57. The SMILES string of the molecule is COc1ccc(NC(=O)C2[C@H]3C=CC4(O3)C(C(=O)NC3CCCC(C)C3C)N(CC3COc5ccccc5O3)C(=O)[C@@H]24)cc1. The fraction of sp³-hybridized carbons (Fsp3) is 0.500. The van der Waals surface area contributed by atoms with Crippen LogP contribution in [0.3, 0.4) is 0 Å². The van der Waals surface area contributed by atoms with E-state index in [2.05, 4.69) is 24.5 Å². The molecular weight excluding hydrogens is 562 g/mol. The summed E-state index contributed by atoms with van der Waals surface area (Å²) in [7, 11) is 1.58. The molecule has 10 heteroatoms. The third kappa shape index (κ3) is 4.70. The second-order valence-corrected chi connectivity index (χ2v) is 12.8. The van der Waals surface area contributed by atoms with Crippen LogP contribution < -0.4 is 24.8 Å². The maximum absolute atomic E-state index is 14.4. The van der Waals surface area contributed by atoms with Crippen LogP contribution in [0.25, 0.3) is 0 Å². The fourth-order valence-electron chi connectivity index (χ4n) is 7.78. The van der Waals surface area contributed by atoms with E-state index in [0.29, 0.717) is 34.8 Å². The van der Waals surface area contributed by atoms with Gasteiger partial charge in [-0.05, 0) is 54.7 Å². The van der Waals surface area contributed by atoms with Crippen LogP contribution >= 0.6 is 0 Å². The number of nitrogens with zero attached hydrogens (tertiary/aromatic N) is 1. The second-order valence-electron chi connectivity index (χ2n) is 12.8. The molecule has 2 aromatic rings. The number of fused-ring (bicyclic) bond motifs is 2. The van der Waals surface area contributed by atoms with E-state index in [0.717, 1.165) is 19.3 Å². The highest BCUT2D eigenvalue weighted by atomic mass is 16.6. The first-order chi connectivity index (χ1) is 21.3. The number of amides is 3. The third-order valence-electron chi connectivity index (χ3n) is 10.3. The highest BCUT2D eigenvalue weighted by molar-refractivity contribution is 6.02. The van der Waals surface area contributed by atoms with Crippen molar-refractivity contribution < 1.29 is 33.3 Å². The molecule has 7 rings (SSSR count). The Labute approximate surface area is 257 Å². The minimum Gasteiger partial charge on any atom is -0.497 e. The van der Waals surface area contributed by atoms with Gasteiger partial charge in [-0.1, -0.05) is 51.0 Å². The molecule has 4 heterocycles. The Balaban J connectivity index is 1.18. The lowest BCUT2D eigenvalue weighted by Crippen LogP contribution is -2.59. The van der Waals surface area contributed by atoms with Crippen molar-refractivity contribution in [1.82, 2.24) is 10.2 Å². The van der Waals surface area contributed by atoms with Crippen molar-refractivity contribution in [2.24, 2.45) is 23.7 Å². The molecule has 1 spiro atoms. The lowest BCUT2D eigenvalue weighted by molar-refractivity contribution is -0.143. The third-order valence-corrected chi connectivity index (χ3v) is 10.3. The van der Waals surface area contributed by atoms with Crippen LogP contribution in [0.15, 0.2) is 60.7 Å². The van der Waals surface area contributed by atoms with Crippen LogP contribution in [0.5, 0.6) is 17.2 Å². The van der Waals surface area contributed by atoms with Crippen molar-refractivity contribution in [2.75, 3.05) is 25.6 Å². The Morgan fingerprint density at radius 3 is 2.59 bits per heavy atom. The van der Waals surface area contributed by atoms with Gasteiger partial charge in [-0.25, -0.2) is 0 Å². The molecule has 2 aromatic carbocycles. The summed E-state index contributed by atoms with van der Waals surface area (Å²) < 4.78 is 23.9. The molecule has 10 nitrogen and oxygen atoms in total. The Morgan fingerprint density at radius 1 is 1.05 bits per heavy atom. The van der Waals surface area contributed by atoms with Crippen molar-refractivity contribution in [3.05, 3.63) is 60.7 Å². The largest absolute Gasteiger partial charge is 0.497 e. The summed E-state index contributed by atoms with van der Waals surface area (Å²) in [6.07, 6.45) is 5.60. The first-order valence-electron chi connectivity index (χ1n) is 15.6. The monoisotopic (exact) mass is 601 g/mol. The van der Waals surface area contributed by atoms with Gasteiger partial charge >= 0.3 is 0 Å². The Bertz CT molecular complexity index is 1480. The highest BCUT2D eigenvalue weighted by Crippen LogP contribution is 2.55. The topological polar surface area (TPSA) is 115 Å². The lowest BCUT2D eigenvalue weighted by atomic mass is 9.73. The number of rotatable bonds is 7. The molecule has 3 amide bonds.